The van der Waals surface area contributed by atoms with Gasteiger partial charge in [-0.25, -0.2) is 0 Å². The molecule has 0 saturated heterocycles. The Morgan fingerprint density at radius 2 is 2.00 bits per heavy atom. The summed E-state index contributed by atoms with van der Waals surface area (Å²) in [6.45, 7) is 6.29. The van der Waals surface area contributed by atoms with Gasteiger partial charge in [0.2, 0.25) is 10.9 Å². The molecule has 35 heavy (non-hydrogen) atoms. The topological polar surface area (TPSA) is 106 Å². The monoisotopic (exact) mass is 511 g/mol. The molecule has 5 rings (SSSR count). The summed E-state index contributed by atoms with van der Waals surface area (Å²) in [4.78, 5) is 28.8. The van der Waals surface area contributed by atoms with Crippen LogP contribution in [0.1, 0.15) is 53.5 Å². The molecule has 180 valence electrons. The van der Waals surface area contributed by atoms with Crippen LogP contribution in [0, 0.1) is 5.92 Å². The summed E-state index contributed by atoms with van der Waals surface area (Å²) in [6, 6.07) is 8.60. The van der Waals surface area contributed by atoms with Gasteiger partial charge in [0.1, 0.15) is 10.6 Å². The van der Waals surface area contributed by atoms with Crippen molar-refractivity contribution in [3.8, 4) is 11.5 Å². The first-order valence-corrected chi connectivity index (χ1v) is 12.4. The van der Waals surface area contributed by atoms with Gasteiger partial charge in [-0.3, -0.25) is 14.5 Å². The van der Waals surface area contributed by atoms with Gasteiger partial charge in [-0.15, -0.1) is 10.2 Å². The van der Waals surface area contributed by atoms with Crippen molar-refractivity contribution in [2.45, 2.75) is 33.2 Å². The Morgan fingerprint density at radius 1 is 1.20 bits per heavy atom. The Morgan fingerprint density at radius 3 is 2.74 bits per heavy atom. The van der Waals surface area contributed by atoms with Crippen LogP contribution in [0.3, 0.4) is 0 Å². The number of nitrogens with zero attached hydrogens (tertiary/aromatic N) is 3. The van der Waals surface area contributed by atoms with E-state index in [0.717, 1.165) is 5.01 Å². The number of phenols is 1. The average Bonchev–Trinajstić information content (AvgIpc) is 3.38. The SMILES string of the molecule is CCOc1cc(C2c3c(oc4ccc(Cl)cc4c3=O)C(=O)N2c2nnc(CC(C)C)s2)ccc1O. The van der Waals surface area contributed by atoms with E-state index in [9.17, 15) is 14.7 Å². The Labute approximate surface area is 209 Å². The first kappa shape index (κ1) is 23.3. The summed E-state index contributed by atoms with van der Waals surface area (Å²) >= 11 is 7.45. The zero-order valence-electron chi connectivity index (χ0n) is 19.2. The van der Waals surface area contributed by atoms with Crippen molar-refractivity contribution >= 4 is 44.9 Å². The molecule has 2 aromatic carbocycles. The molecule has 1 aliphatic rings. The maximum atomic E-state index is 13.7. The van der Waals surface area contributed by atoms with Crippen molar-refractivity contribution in [2.24, 2.45) is 5.92 Å². The van der Waals surface area contributed by atoms with E-state index in [4.69, 9.17) is 20.8 Å². The summed E-state index contributed by atoms with van der Waals surface area (Å²) in [5.41, 5.74) is 0.652. The molecule has 10 heteroatoms. The number of fused-ring (bicyclic) bond motifs is 2. The highest BCUT2D eigenvalue weighted by molar-refractivity contribution is 7.15. The molecule has 0 bridgehead atoms. The summed E-state index contributed by atoms with van der Waals surface area (Å²) in [6.07, 6.45) is 0.713. The lowest BCUT2D eigenvalue weighted by molar-refractivity contribution is 0.0970. The number of ether oxygens (including phenoxy) is 1. The lowest BCUT2D eigenvalue weighted by Gasteiger charge is -2.22. The molecule has 0 spiro atoms. The highest BCUT2D eigenvalue weighted by Gasteiger charge is 2.45. The Bertz CT molecular complexity index is 1510. The molecule has 8 nitrogen and oxygen atoms in total. The van der Waals surface area contributed by atoms with Gasteiger partial charge in [-0.1, -0.05) is 42.9 Å². The molecule has 0 fully saturated rings. The maximum absolute atomic E-state index is 13.7. The van der Waals surface area contributed by atoms with E-state index in [-0.39, 0.29) is 39.2 Å². The van der Waals surface area contributed by atoms with Crippen molar-refractivity contribution < 1.29 is 19.1 Å². The van der Waals surface area contributed by atoms with Gasteiger partial charge in [0.25, 0.3) is 5.91 Å². The molecule has 1 unspecified atom stereocenters. The standard InChI is InChI=1S/C25H22ClN3O5S/c1-4-33-18-10-13(5-7-16(18)30)21-20-22(31)15-11-14(26)6-8-17(15)34-23(20)24(32)29(21)25-28-27-19(35-25)9-12(2)3/h5-8,10-12,21,30H,4,9H2,1-3H3. The molecular weight excluding hydrogens is 490 g/mol. The van der Waals surface area contributed by atoms with Gasteiger partial charge in [0.15, 0.2) is 16.9 Å². The van der Waals surface area contributed by atoms with Crippen LogP contribution in [0.5, 0.6) is 11.5 Å². The zero-order chi connectivity index (χ0) is 24.9. The largest absolute Gasteiger partial charge is 0.504 e. The second kappa shape index (κ2) is 8.98. The number of anilines is 1. The average molecular weight is 512 g/mol. The number of phenolic OH excluding ortho intramolecular Hbond substituents is 1. The smallest absolute Gasteiger partial charge is 0.297 e. The number of rotatable bonds is 6. The number of aromatic hydroxyl groups is 1. The van der Waals surface area contributed by atoms with Crippen LogP contribution >= 0.6 is 22.9 Å². The lowest BCUT2D eigenvalue weighted by Crippen LogP contribution is -2.29. The van der Waals surface area contributed by atoms with Crippen molar-refractivity contribution in [3.63, 3.8) is 0 Å². The lowest BCUT2D eigenvalue weighted by atomic mass is 9.98. The number of amides is 1. The maximum Gasteiger partial charge on any atom is 0.297 e. The van der Waals surface area contributed by atoms with Gasteiger partial charge in [-0.2, -0.15) is 0 Å². The Kier molecular flexibility index (Phi) is 5.98. The van der Waals surface area contributed by atoms with Gasteiger partial charge in [0, 0.05) is 11.4 Å². The first-order chi connectivity index (χ1) is 16.8. The molecule has 0 aliphatic carbocycles. The second-order valence-corrected chi connectivity index (χ2v) is 10.1. The fourth-order valence-electron chi connectivity index (χ4n) is 4.20. The number of benzene rings is 2. The molecule has 1 aliphatic heterocycles. The van der Waals surface area contributed by atoms with E-state index in [1.54, 1.807) is 31.2 Å². The predicted octanol–water partition coefficient (Wildman–Crippen LogP) is 5.35. The van der Waals surface area contributed by atoms with Crippen molar-refractivity contribution in [3.05, 3.63) is 73.5 Å². The van der Waals surface area contributed by atoms with E-state index in [1.165, 1.54) is 28.4 Å². The fourth-order valence-corrected chi connectivity index (χ4v) is 5.45. The third-order valence-electron chi connectivity index (χ3n) is 5.68. The predicted molar refractivity (Wildman–Crippen MR) is 134 cm³/mol. The van der Waals surface area contributed by atoms with E-state index < -0.39 is 11.9 Å². The number of carbonyl (C=O) groups is 1. The van der Waals surface area contributed by atoms with Gasteiger partial charge >= 0.3 is 0 Å². The number of halogens is 1. The Hall–Kier alpha value is -3.43. The van der Waals surface area contributed by atoms with Crippen LogP contribution < -0.4 is 15.1 Å². The first-order valence-electron chi connectivity index (χ1n) is 11.2. The van der Waals surface area contributed by atoms with Gasteiger partial charge in [-0.05, 0) is 48.7 Å². The quantitative estimate of drug-likeness (QED) is 0.372. The second-order valence-electron chi connectivity index (χ2n) is 8.63. The molecule has 0 radical (unpaired) electrons. The van der Waals surface area contributed by atoms with Crippen molar-refractivity contribution in [2.75, 3.05) is 11.5 Å². The van der Waals surface area contributed by atoms with Crippen LogP contribution in [0.15, 0.2) is 45.6 Å². The van der Waals surface area contributed by atoms with Crippen molar-refractivity contribution in [1.82, 2.24) is 10.2 Å². The molecule has 1 atom stereocenters. The summed E-state index contributed by atoms with van der Waals surface area (Å²) in [5.74, 6) is 0.0249. The normalized spacial score (nSPS) is 15.3. The molecular formula is C25H22ClN3O5S. The van der Waals surface area contributed by atoms with Crippen LogP contribution in [0.2, 0.25) is 5.02 Å². The summed E-state index contributed by atoms with van der Waals surface area (Å²) in [5, 5.41) is 20.6. The Balaban J connectivity index is 1.75. The number of carbonyl (C=O) groups excluding carboxylic acids is 1. The van der Waals surface area contributed by atoms with E-state index in [0.29, 0.717) is 34.7 Å². The van der Waals surface area contributed by atoms with Crippen LogP contribution in [-0.2, 0) is 6.42 Å². The minimum absolute atomic E-state index is 0.0424. The molecule has 1 amide bonds. The molecule has 1 N–H and O–H groups in total. The highest BCUT2D eigenvalue weighted by Crippen LogP contribution is 2.44. The minimum atomic E-state index is -0.850. The fraction of sp³-hybridized carbons (Fsp3) is 0.280. The molecule has 0 saturated carbocycles. The zero-order valence-corrected chi connectivity index (χ0v) is 20.8. The minimum Gasteiger partial charge on any atom is -0.504 e. The van der Waals surface area contributed by atoms with Crippen LogP contribution in [-0.4, -0.2) is 27.8 Å². The van der Waals surface area contributed by atoms with Gasteiger partial charge in [0.05, 0.1) is 23.6 Å². The summed E-state index contributed by atoms with van der Waals surface area (Å²) < 4.78 is 11.5. The number of aromatic nitrogens is 2. The van der Waals surface area contributed by atoms with Crippen LogP contribution in [0.25, 0.3) is 11.0 Å². The summed E-state index contributed by atoms with van der Waals surface area (Å²) in [7, 11) is 0. The number of hydrogen-bond acceptors (Lipinski definition) is 8. The van der Waals surface area contributed by atoms with Crippen molar-refractivity contribution in [1.29, 1.82) is 0 Å². The van der Waals surface area contributed by atoms with Gasteiger partial charge < -0.3 is 14.3 Å². The third kappa shape index (κ3) is 4.04. The molecule has 3 heterocycles. The molecule has 2 aromatic heterocycles. The third-order valence-corrected chi connectivity index (χ3v) is 6.86. The van der Waals surface area contributed by atoms with E-state index in [2.05, 4.69) is 24.0 Å². The highest BCUT2D eigenvalue weighted by atomic mass is 35.5. The van der Waals surface area contributed by atoms with E-state index in [1.807, 2.05) is 0 Å². The molecule has 4 aromatic rings. The van der Waals surface area contributed by atoms with E-state index >= 15 is 0 Å². The number of hydrogen-bond donors (Lipinski definition) is 1. The van der Waals surface area contributed by atoms with Crippen LogP contribution in [0.4, 0.5) is 5.13 Å².